The molecule has 3 nitrogen and oxygen atoms in total. The molecule has 0 radical (unpaired) electrons. The second-order valence-electron chi connectivity index (χ2n) is 5.81. The molecular weight excluding hydrogens is 269 g/mol. The Hall–Kier alpha value is -0.970. The van der Waals surface area contributed by atoms with Gasteiger partial charge in [-0.05, 0) is 43.4 Å². The van der Waals surface area contributed by atoms with Gasteiger partial charge >= 0.3 is 0 Å². The van der Waals surface area contributed by atoms with E-state index in [9.17, 15) is 9.50 Å². The van der Waals surface area contributed by atoms with Gasteiger partial charge in [-0.3, -0.25) is 0 Å². The molecule has 0 heterocycles. The minimum Gasteiger partial charge on any atom is -0.389 e. The third kappa shape index (κ3) is 8.81. The van der Waals surface area contributed by atoms with Crippen LogP contribution in [0.5, 0.6) is 0 Å². The fraction of sp³-hybridized carbons (Fsp3) is 0.647. The summed E-state index contributed by atoms with van der Waals surface area (Å²) in [5.41, 5.74) is 0.699. The molecule has 1 unspecified atom stereocenters. The molecule has 21 heavy (non-hydrogen) atoms. The van der Waals surface area contributed by atoms with E-state index in [1.165, 1.54) is 6.07 Å². The Balaban J connectivity index is 2.01. The van der Waals surface area contributed by atoms with Crippen LogP contribution in [0.25, 0.3) is 0 Å². The second-order valence-corrected chi connectivity index (χ2v) is 5.81. The van der Waals surface area contributed by atoms with E-state index in [-0.39, 0.29) is 5.82 Å². The van der Waals surface area contributed by atoms with Gasteiger partial charge in [0.2, 0.25) is 0 Å². The lowest BCUT2D eigenvalue weighted by Crippen LogP contribution is -2.31. The maximum Gasteiger partial charge on any atom is 0.126 e. The van der Waals surface area contributed by atoms with Crippen molar-refractivity contribution in [2.75, 3.05) is 26.3 Å². The molecule has 0 fully saturated rings. The molecule has 0 aliphatic carbocycles. The number of hydrogen-bond acceptors (Lipinski definition) is 3. The zero-order valence-electron chi connectivity index (χ0n) is 13.1. The molecule has 0 aliphatic rings. The highest BCUT2D eigenvalue weighted by Gasteiger charge is 2.05. The Labute approximate surface area is 127 Å². The van der Waals surface area contributed by atoms with Crippen molar-refractivity contribution in [2.24, 2.45) is 5.92 Å². The van der Waals surface area contributed by atoms with Crippen molar-refractivity contribution >= 4 is 0 Å². The monoisotopic (exact) mass is 297 g/mol. The Bertz CT molecular complexity index is 385. The van der Waals surface area contributed by atoms with Gasteiger partial charge in [-0.2, -0.15) is 0 Å². The molecule has 4 heteroatoms. The molecule has 1 atom stereocenters. The van der Waals surface area contributed by atoms with Crippen LogP contribution in [0.15, 0.2) is 24.3 Å². The van der Waals surface area contributed by atoms with Crippen molar-refractivity contribution in [2.45, 2.75) is 39.2 Å². The molecule has 0 aromatic heterocycles. The summed E-state index contributed by atoms with van der Waals surface area (Å²) >= 11 is 0. The van der Waals surface area contributed by atoms with Crippen LogP contribution in [-0.4, -0.2) is 37.5 Å². The van der Waals surface area contributed by atoms with Crippen LogP contribution in [0.2, 0.25) is 0 Å². The average molecular weight is 297 g/mol. The van der Waals surface area contributed by atoms with Crippen LogP contribution in [0.1, 0.15) is 32.3 Å². The second kappa shape index (κ2) is 10.7. The van der Waals surface area contributed by atoms with Crippen molar-refractivity contribution in [1.82, 2.24) is 5.32 Å². The van der Waals surface area contributed by atoms with Crippen LogP contribution >= 0.6 is 0 Å². The topological polar surface area (TPSA) is 41.5 Å². The molecule has 0 bridgehead atoms. The molecule has 0 spiro atoms. The van der Waals surface area contributed by atoms with Gasteiger partial charge in [-0.1, -0.05) is 32.0 Å². The van der Waals surface area contributed by atoms with E-state index >= 15 is 0 Å². The number of halogens is 1. The quantitative estimate of drug-likeness (QED) is 0.617. The van der Waals surface area contributed by atoms with E-state index in [0.717, 1.165) is 12.8 Å². The minimum absolute atomic E-state index is 0.173. The van der Waals surface area contributed by atoms with Gasteiger partial charge in [0.1, 0.15) is 5.82 Å². The standard InChI is InChI=1S/C17H28FNO2/c1-14(2)6-5-11-21-13-16(20)12-19-10-9-15-7-3-4-8-17(15)18/h3-4,7-8,14,16,19-20H,5-6,9-13H2,1-2H3. The lowest BCUT2D eigenvalue weighted by molar-refractivity contribution is 0.0349. The highest BCUT2D eigenvalue weighted by molar-refractivity contribution is 5.17. The van der Waals surface area contributed by atoms with E-state index in [1.807, 2.05) is 6.07 Å². The van der Waals surface area contributed by atoms with Crippen molar-refractivity contribution < 1.29 is 14.2 Å². The number of ether oxygens (including phenoxy) is 1. The zero-order valence-corrected chi connectivity index (χ0v) is 13.1. The van der Waals surface area contributed by atoms with Gasteiger partial charge in [0.25, 0.3) is 0 Å². The van der Waals surface area contributed by atoms with Crippen molar-refractivity contribution in [1.29, 1.82) is 0 Å². The smallest absolute Gasteiger partial charge is 0.126 e. The number of aliphatic hydroxyl groups excluding tert-OH is 1. The largest absolute Gasteiger partial charge is 0.389 e. The summed E-state index contributed by atoms with van der Waals surface area (Å²) < 4.78 is 18.8. The number of aliphatic hydroxyl groups is 1. The maximum absolute atomic E-state index is 13.4. The highest BCUT2D eigenvalue weighted by Crippen LogP contribution is 2.06. The van der Waals surface area contributed by atoms with Crippen molar-refractivity contribution in [3.8, 4) is 0 Å². The summed E-state index contributed by atoms with van der Waals surface area (Å²) in [6.45, 7) is 6.54. The Kier molecular flexibility index (Phi) is 9.22. The molecule has 1 aromatic rings. The molecule has 0 saturated heterocycles. The predicted octanol–water partition coefficient (Wildman–Crippen LogP) is 2.77. The van der Waals surface area contributed by atoms with E-state index in [2.05, 4.69) is 19.2 Å². The molecule has 0 saturated carbocycles. The molecule has 1 rings (SSSR count). The summed E-state index contributed by atoms with van der Waals surface area (Å²) in [4.78, 5) is 0. The summed E-state index contributed by atoms with van der Waals surface area (Å²) in [6.07, 6.45) is 2.29. The zero-order chi connectivity index (χ0) is 15.5. The number of benzene rings is 1. The number of rotatable bonds is 11. The van der Waals surface area contributed by atoms with Crippen LogP contribution in [0, 0.1) is 11.7 Å². The molecule has 0 aliphatic heterocycles. The van der Waals surface area contributed by atoms with E-state index < -0.39 is 6.10 Å². The highest BCUT2D eigenvalue weighted by atomic mass is 19.1. The van der Waals surface area contributed by atoms with Crippen LogP contribution in [0.4, 0.5) is 4.39 Å². The summed E-state index contributed by atoms with van der Waals surface area (Å²) in [5.74, 6) is 0.520. The van der Waals surface area contributed by atoms with Gasteiger partial charge in [0.05, 0.1) is 12.7 Å². The molecule has 2 N–H and O–H groups in total. The van der Waals surface area contributed by atoms with E-state index in [4.69, 9.17) is 4.74 Å². The normalized spacial score (nSPS) is 12.8. The van der Waals surface area contributed by atoms with E-state index in [0.29, 0.717) is 44.2 Å². The van der Waals surface area contributed by atoms with Gasteiger partial charge in [-0.25, -0.2) is 4.39 Å². The lowest BCUT2D eigenvalue weighted by atomic mass is 10.1. The van der Waals surface area contributed by atoms with Gasteiger partial charge in [-0.15, -0.1) is 0 Å². The van der Waals surface area contributed by atoms with Crippen LogP contribution < -0.4 is 5.32 Å². The lowest BCUT2D eigenvalue weighted by Gasteiger charge is -2.13. The third-order valence-electron chi connectivity index (χ3n) is 3.29. The summed E-state index contributed by atoms with van der Waals surface area (Å²) in [5, 5.41) is 12.9. The van der Waals surface area contributed by atoms with Crippen LogP contribution in [0.3, 0.4) is 0 Å². The average Bonchev–Trinajstić information content (AvgIpc) is 2.44. The van der Waals surface area contributed by atoms with Gasteiger partial charge in [0, 0.05) is 13.2 Å². The number of nitrogens with one attached hydrogen (secondary N) is 1. The van der Waals surface area contributed by atoms with Crippen molar-refractivity contribution in [3.05, 3.63) is 35.6 Å². The molecule has 0 amide bonds. The fourth-order valence-corrected chi connectivity index (χ4v) is 2.06. The number of hydrogen-bond donors (Lipinski definition) is 2. The van der Waals surface area contributed by atoms with Gasteiger partial charge in [0.15, 0.2) is 0 Å². The molecule has 120 valence electrons. The van der Waals surface area contributed by atoms with Crippen LogP contribution in [-0.2, 0) is 11.2 Å². The Morgan fingerprint density at radius 1 is 1.29 bits per heavy atom. The first-order valence-electron chi connectivity index (χ1n) is 7.79. The minimum atomic E-state index is -0.510. The van der Waals surface area contributed by atoms with Crippen molar-refractivity contribution in [3.63, 3.8) is 0 Å². The maximum atomic E-state index is 13.4. The first-order chi connectivity index (χ1) is 10.1. The van der Waals surface area contributed by atoms with Gasteiger partial charge < -0.3 is 15.2 Å². The predicted molar refractivity (Wildman–Crippen MR) is 83.9 cm³/mol. The molecular formula is C17H28FNO2. The Morgan fingerprint density at radius 2 is 2.05 bits per heavy atom. The fourth-order valence-electron chi connectivity index (χ4n) is 2.06. The first-order valence-corrected chi connectivity index (χ1v) is 7.79. The van der Waals surface area contributed by atoms with E-state index in [1.54, 1.807) is 12.1 Å². The SMILES string of the molecule is CC(C)CCCOCC(O)CNCCc1ccccc1F. The summed E-state index contributed by atoms with van der Waals surface area (Å²) in [6, 6.07) is 6.77. The summed E-state index contributed by atoms with van der Waals surface area (Å²) in [7, 11) is 0. The third-order valence-corrected chi connectivity index (χ3v) is 3.29. The Morgan fingerprint density at radius 3 is 2.76 bits per heavy atom. The molecule has 1 aromatic carbocycles. The first kappa shape index (κ1) is 18.1.